The summed E-state index contributed by atoms with van der Waals surface area (Å²) in [4.78, 5) is 22.4. The Morgan fingerprint density at radius 1 is 1.30 bits per heavy atom. The first-order valence-corrected chi connectivity index (χ1v) is 8.72. The molecule has 8 nitrogen and oxygen atoms in total. The molecule has 0 bridgehead atoms. The minimum absolute atomic E-state index is 0.141. The van der Waals surface area contributed by atoms with Gasteiger partial charge < -0.3 is 9.47 Å². The molecule has 2 aromatic rings. The van der Waals surface area contributed by atoms with Crippen LogP contribution in [0.25, 0.3) is 0 Å². The van der Waals surface area contributed by atoms with Crippen molar-refractivity contribution in [2.45, 2.75) is 6.92 Å². The maximum absolute atomic E-state index is 11.9. The van der Waals surface area contributed by atoms with Crippen LogP contribution in [0.1, 0.15) is 12.5 Å². The fourth-order valence-electron chi connectivity index (χ4n) is 2.04. The van der Waals surface area contributed by atoms with Gasteiger partial charge in [0.25, 0.3) is 5.91 Å². The number of rotatable bonds is 7. The van der Waals surface area contributed by atoms with Gasteiger partial charge in [0.1, 0.15) is 5.75 Å². The van der Waals surface area contributed by atoms with Gasteiger partial charge >= 0.3 is 5.69 Å². The molecule has 27 heavy (non-hydrogen) atoms. The Labute approximate surface area is 168 Å². The molecule has 2 aromatic carbocycles. The molecule has 0 atom stereocenters. The number of hydrogen-bond donors (Lipinski definition) is 1. The number of hydrogen-bond acceptors (Lipinski definition) is 6. The van der Waals surface area contributed by atoms with Gasteiger partial charge in [-0.2, -0.15) is 5.10 Å². The summed E-state index contributed by atoms with van der Waals surface area (Å²) >= 11 is 9.13. The third-order valence-electron chi connectivity index (χ3n) is 3.39. The van der Waals surface area contributed by atoms with Gasteiger partial charge in [-0.1, -0.05) is 11.6 Å². The molecule has 2 rings (SSSR count). The van der Waals surface area contributed by atoms with Crippen LogP contribution in [0, 0.1) is 10.1 Å². The van der Waals surface area contributed by atoms with Crippen molar-refractivity contribution >= 4 is 44.8 Å². The normalized spacial score (nSPS) is 11.0. The first kappa shape index (κ1) is 20.7. The van der Waals surface area contributed by atoms with Crippen molar-refractivity contribution in [2.24, 2.45) is 5.10 Å². The van der Waals surface area contributed by atoms with Crippen LogP contribution in [0.3, 0.4) is 0 Å². The minimum atomic E-state index is -0.550. The van der Waals surface area contributed by atoms with Crippen molar-refractivity contribution in [3.05, 3.63) is 61.6 Å². The van der Waals surface area contributed by atoms with Gasteiger partial charge in [0.2, 0.25) is 0 Å². The zero-order valence-corrected chi connectivity index (χ0v) is 16.7. The van der Waals surface area contributed by atoms with Crippen LogP contribution in [-0.4, -0.2) is 30.3 Å². The number of ether oxygens (including phenoxy) is 2. The molecular weight excluding hydrogens is 442 g/mol. The van der Waals surface area contributed by atoms with Gasteiger partial charge in [0.15, 0.2) is 12.4 Å². The second kappa shape index (κ2) is 9.33. The predicted molar refractivity (Wildman–Crippen MR) is 105 cm³/mol. The van der Waals surface area contributed by atoms with Crippen LogP contribution in [0.4, 0.5) is 5.69 Å². The number of nitrogens with zero attached hydrogens (tertiary/aromatic N) is 2. The first-order chi connectivity index (χ1) is 12.8. The Morgan fingerprint density at radius 3 is 2.63 bits per heavy atom. The van der Waals surface area contributed by atoms with E-state index in [0.29, 0.717) is 26.5 Å². The maximum Gasteiger partial charge on any atom is 0.311 e. The van der Waals surface area contributed by atoms with E-state index in [2.05, 4.69) is 26.5 Å². The summed E-state index contributed by atoms with van der Waals surface area (Å²) in [5.74, 6) is 0.114. The lowest BCUT2D eigenvalue weighted by Gasteiger charge is -2.08. The largest absolute Gasteiger partial charge is 0.490 e. The van der Waals surface area contributed by atoms with Crippen LogP contribution in [0.2, 0.25) is 5.02 Å². The van der Waals surface area contributed by atoms with E-state index in [1.165, 1.54) is 19.2 Å². The molecule has 1 amide bonds. The van der Waals surface area contributed by atoms with E-state index in [9.17, 15) is 14.9 Å². The van der Waals surface area contributed by atoms with Crippen LogP contribution in [0.15, 0.2) is 46.0 Å². The Balaban J connectivity index is 2.01. The van der Waals surface area contributed by atoms with Crippen molar-refractivity contribution in [2.75, 3.05) is 13.7 Å². The molecule has 0 heterocycles. The van der Waals surface area contributed by atoms with Gasteiger partial charge in [0, 0.05) is 16.7 Å². The van der Waals surface area contributed by atoms with Crippen LogP contribution in [-0.2, 0) is 4.79 Å². The van der Waals surface area contributed by atoms with E-state index in [1.54, 1.807) is 31.2 Å². The molecule has 0 saturated heterocycles. The van der Waals surface area contributed by atoms with Crippen LogP contribution in [0.5, 0.6) is 11.5 Å². The van der Waals surface area contributed by atoms with E-state index in [-0.39, 0.29) is 18.0 Å². The molecule has 0 aliphatic rings. The molecule has 1 N–H and O–H groups in total. The SMILES string of the molecule is COc1ccc(/C(C)=N/NC(=O)COc2ccc(Cl)cc2Br)cc1[N+](=O)[O-]. The molecule has 0 aliphatic carbocycles. The summed E-state index contributed by atoms with van der Waals surface area (Å²) in [7, 11) is 1.35. The maximum atomic E-state index is 11.9. The second-order valence-electron chi connectivity index (χ2n) is 5.24. The summed E-state index contributed by atoms with van der Waals surface area (Å²) in [5, 5.41) is 15.6. The fraction of sp³-hybridized carbons (Fsp3) is 0.176. The number of halogens is 2. The zero-order chi connectivity index (χ0) is 20.0. The van der Waals surface area contributed by atoms with Crippen molar-refractivity contribution in [3.8, 4) is 11.5 Å². The van der Waals surface area contributed by atoms with Gasteiger partial charge in [-0.15, -0.1) is 0 Å². The Hall–Kier alpha value is -2.65. The van der Waals surface area contributed by atoms with E-state index in [1.807, 2.05) is 0 Å². The Bertz CT molecular complexity index is 904. The third-order valence-corrected chi connectivity index (χ3v) is 4.25. The molecule has 10 heteroatoms. The number of amides is 1. The molecule has 0 saturated carbocycles. The topological polar surface area (TPSA) is 103 Å². The number of carbonyl (C=O) groups excluding carboxylic acids is 1. The highest BCUT2D eigenvalue weighted by atomic mass is 79.9. The number of methoxy groups -OCH3 is 1. The minimum Gasteiger partial charge on any atom is -0.490 e. The van der Waals surface area contributed by atoms with E-state index >= 15 is 0 Å². The average molecular weight is 457 g/mol. The number of nitrogens with one attached hydrogen (secondary N) is 1. The van der Waals surface area contributed by atoms with Gasteiger partial charge in [-0.25, -0.2) is 5.43 Å². The number of benzene rings is 2. The van der Waals surface area contributed by atoms with Crippen LogP contribution < -0.4 is 14.9 Å². The Morgan fingerprint density at radius 2 is 2.00 bits per heavy atom. The van der Waals surface area contributed by atoms with Gasteiger partial charge in [0.05, 0.1) is 22.2 Å². The lowest BCUT2D eigenvalue weighted by atomic mass is 10.1. The van der Waals surface area contributed by atoms with E-state index in [0.717, 1.165) is 0 Å². The molecule has 0 spiro atoms. The van der Waals surface area contributed by atoms with Crippen LogP contribution >= 0.6 is 27.5 Å². The molecule has 142 valence electrons. The van der Waals surface area contributed by atoms with Gasteiger partial charge in [-0.3, -0.25) is 14.9 Å². The molecule has 0 aromatic heterocycles. The number of nitro groups is 1. The lowest BCUT2D eigenvalue weighted by molar-refractivity contribution is -0.385. The highest BCUT2D eigenvalue weighted by Gasteiger charge is 2.16. The van der Waals surface area contributed by atoms with E-state index in [4.69, 9.17) is 21.1 Å². The monoisotopic (exact) mass is 455 g/mol. The standard InChI is InChI=1S/C17H15BrClN3O5/c1-10(11-3-5-16(26-2)14(7-11)22(24)25)20-21-17(23)9-27-15-6-4-12(19)8-13(15)18/h3-8H,9H2,1-2H3,(H,21,23)/b20-10+. The molecular formula is C17H15BrClN3O5. The van der Waals surface area contributed by atoms with Crippen molar-refractivity contribution < 1.29 is 19.2 Å². The first-order valence-electron chi connectivity index (χ1n) is 7.55. The number of nitro benzene ring substituents is 1. The Kier molecular flexibility index (Phi) is 7.14. The highest BCUT2D eigenvalue weighted by Crippen LogP contribution is 2.28. The summed E-state index contributed by atoms with van der Waals surface area (Å²) in [5.41, 5.74) is 3.02. The van der Waals surface area contributed by atoms with Crippen molar-refractivity contribution in [1.82, 2.24) is 5.43 Å². The number of carbonyl (C=O) groups is 1. The van der Waals surface area contributed by atoms with Crippen molar-refractivity contribution in [1.29, 1.82) is 0 Å². The summed E-state index contributed by atoms with van der Waals surface area (Å²) < 4.78 is 10.9. The molecule has 0 unspecified atom stereocenters. The fourth-order valence-corrected chi connectivity index (χ4v) is 2.83. The smallest absolute Gasteiger partial charge is 0.311 e. The van der Waals surface area contributed by atoms with E-state index < -0.39 is 10.8 Å². The molecule has 0 aliphatic heterocycles. The molecule has 0 fully saturated rings. The summed E-state index contributed by atoms with van der Waals surface area (Å²) in [6, 6.07) is 9.32. The quantitative estimate of drug-likeness (QED) is 0.386. The lowest BCUT2D eigenvalue weighted by Crippen LogP contribution is -2.25. The predicted octanol–water partition coefficient (Wildman–Crippen LogP) is 3.94. The second-order valence-corrected chi connectivity index (χ2v) is 6.53. The zero-order valence-electron chi connectivity index (χ0n) is 14.4. The summed E-state index contributed by atoms with van der Waals surface area (Å²) in [6.07, 6.45) is 0. The highest BCUT2D eigenvalue weighted by molar-refractivity contribution is 9.10. The molecule has 0 radical (unpaired) electrons. The number of hydrazone groups is 1. The average Bonchev–Trinajstić information content (AvgIpc) is 2.64. The van der Waals surface area contributed by atoms with Gasteiger partial charge in [-0.05, 0) is 53.2 Å². The third kappa shape index (κ3) is 5.66. The van der Waals surface area contributed by atoms with Crippen molar-refractivity contribution in [3.63, 3.8) is 0 Å². The summed E-state index contributed by atoms with van der Waals surface area (Å²) in [6.45, 7) is 1.35.